The van der Waals surface area contributed by atoms with Gasteiger partial charge in [-0.3, -0.25) is 0 Å². The minimum absolute atomic E-state index is 0.795. The number of nitrogens with two attached hydrogens (primary N) is 1. The molecular formula is C12H17BN2. The van der Waals surface area contributed by atoms with Crippen LogP contribution in [0.3, 0.4) is 0 Å². The van der Waals surface area contributed by atoms with Crippen LogP contribution >= 0.6 is 0 Å². The molecule has 0 saturated carbocycles. The average molecular weight is 200 g/mol. The molecule has 0 bridgehead atoms. The van der Waals surface area contributed by atoms with Crippen LogP contribution in [0.15, 0.2) is 18.2 Å². The summed E-state index contributed by atoms with van der Waals surface area (Å²) in [5.74, 6) is 0. The van der Waals surface area contributed by atoms with Gasteiger partial charge in [-0.2, -0.15) is 0 Å². The summed E-state index contributed by atoms with van der Waals surface area (Å²) < 4.78 is 0. The molecule has 0 aromatic heterocycles. The maximum atomic E-state index is 5.97. The fraction of sp³-hybridized carbons (Fsp3) is 0.500. The van der Waals surface area contributed by atoms with Crippen molar-refractivity contribution in [3.8, 4) is 0 Å². The fourth-order valence-corrected chi connectivity index (χ4v) is 2.15. The Hall–Kier alpha value is -1.12. The number of anilines is 2. The summed E-state index contributed by atoms with van der Waals surface area (Å²) in [6.07, 6.45) is 5.18. The van der Waals surface area contributed by atoms with Crippen molar-refractivity contribution < 1.29 is 0 Å². The van der Waals surface area contributed by atoms with E-state index in [0.717, 1.165) is 29.9 Å². The van der Waals surface area contributed by atoms with Gasteiger partial charge in [-0.05, 0) is 25.0 Å². The topological polar surface area (TPSA) is 29.3 Å². The first-order valence-corrected chi connectivity index (χ1v) is 5.67. The highest BCUT2D eigenvalue weighted by Gasteiger charge is 2.11. The molecule has 1 aromatic carbocycles. The zero-order valence-corrected chi connectivity index (χ0v) is 9.08. The lowest BCUT2D eigenvalue weighted by molar-refractivity contribution is 0.726. The second-order valence-electron chi connectivity index (χ2n) is 4.22. The van der Waals surface area contributed by atoms with E-state index in [9.17, 15) is 0 Å². The van der Waals surface area contributed by atoms with Gasteiger partial charge in [0.2, 0.25) is 0 Å². The molecule has 1 fully saturated rings. The Balaban J connectivity index is 2.22. The van der Waals surface area contributed by atoms with E-state index in [1.807, 2.05) is 18.2 Å². The molecule has 3 heteroatoms. The predicted molar refractivity (Wildman–Crippen MR) is 66.9 cm³/mol. The summed E-state index contributed by atoms with van der Waals surface area (Å²) in [6.45, 7) is 2.21. The van der Waals surface area contributed by atoms with Crippen LogP contribution in [0, 0.1) is 0 Å². The SMILES string of the molecule is [B]c1ccc(N)c(N2CCCCCC2)c1. The van der Waals surface area contributed by atoms with Gasteiger partial charge < -0.3 is 10.6 Å². The van der Waals surface area contributed by atoms with Crippen LogP contribution in [0.2, 0.25) is 0 Å². The lowest BCUT2D eigenvalue weighted by atomic mass is 9.95. The first-order valence-electron chi connectivity index (χ1n) is 5.67. The van der Waals surface area contributed by atoms with Crippen LogP contribution in [0.25, 0.3) is 0 Å². The van der Waals surface area contributed by atoms with E-state index in [1.54, 1.807) is 0 Å². The first-order chi connectivity index (χ1) is 7.27. The van der Waals surface area contributed by atoms with E-state index in [2.05, 4.69) is 4.90 Å². The molecule has 0 unspecified atom stereocenters. The molecule has 1 saturated heterocycles. The Labute approximate surface area is 92.9 Å². The van der Waals surface area contributed by atoms with E-state index >= 15 is 0 Å². The average Bonchev–Trinajstić information content (AvgIpc) is 2.50. The highest BCUT2D eigenvalue weighted by molar-refractivity contribution is 6.32. The molecular weight excluding hydrogens is 183 g/mol. The third-order valence-corrected chi connectivity index (χ3v) is 3.00. The maximum Gasteiger partial charge on any atom is 0.113 e. The van der Waals surface area contributed by atoms with Gasteiger partial charge in [0.05, 0.1) is 11.4 Å². The molecule has 1 aromatic rings. The zero-order valence-electron chi connectivity index (χ0n) is 9.08. The largest absolute Gasteiger partial charge is 0.397 e. The summed E-state index contributed by atoms with van der Waals surface area (Å²) in [4.78, 5) is 2.36. The van der Waals surface area contributed by atoms with Crippen molar-refractivity contribution in [3.05, 3.63) is 18.2 Å². The molecule has 1 aliphatic heterocycles. The van der Waals surface area contributed by atoms with E-state index in [0.29, 0.717) is 0 Å². The molecule has 1 aliphatic rings. The van der Waals surface area contributed by atoms with Gasteiger partial charge in [0.15, 0.2) is 0 Å². The standard InChI is InChI=1S/C12H17BN2/c13-10-5-6-11(14)12(9-10)15-7-3-1-2-4-8-15/h5-6,9H,1-4,7-8,14H2. The van der Waals surface area contributed by atoms with Gasteiger partial charge in [-0.15, -0.1) is 0 Å². The third-order valence-electron chi connectivity index (χ3n) is 3.00. The van der Waals surface area contributed by atoms with Crippen LogP contribution < -0.4 is 16.1 Å². The van der Waals surface area contributed by atoms with Crippen LogP contribution in [-0.2, 0) is 0 Å². The van der Waals surface area contributed by atoms with Gasteiger partial charge in [0.1, 0.15) is 7.85 Å². The number of hydrogen-bond donors (Lipinski definition) is 1. The van der Waals surface area contributed by atoms with Crippen molar-refractivity contribution >= 4 is 24.7 Å². The van der Waals surface area contributed by atoms with Gasteiger partial charge >= 0.3 is 0 Å². The Kier molecular flexibility index (Phi) is 3.19. The Morgan fingerprint density at radius 3 is 2.40 bits per heavy atom. The molecule has 2 nitrogen and oxygen atoms in total. The zero-order chi connectivity index (χ0) is 10.7. The van der Waals surface area contributed by atoms with Gasteiger partial charge in [-0.1, -0.05) is 24.4 Å². The third kappa shape index (κ3) is 2.47. The number of nitrogens with zero attached hydrogens (tertiary/aromatic N) is 1. The second kappa shape index (κ2) is 4.60. The molecule has 2 rings (SSSR count). The molecule has 1 heterocycles. The monoisotopic (exact) mass is 200 g/mol. The summed E-state index contributed by atoms with van der Waals surface area (Å²) in [5, 5.41) is 0. The number of hydrogen-bond acceptors (Lipinski definition) is 2. The molecule has 0 spiro atoms. The Morgan fingerprint density at radius 1 is 1.07 bits per heavy atom. The van der Waals surface area contributed by atoms with Crippen LogP contribution in [0.5, 0.6) is 0 Å². The quantitative estimate of drug-likeness (QED) is 0.549. The van der Waals surface area contributed by atoms with Gasteiger partial charge in [-0.25, -0.2) is 0 Å². The van der Waals surface area contributed by atoms with Crippen molar-refractivity contribution in [1.82, 2.24) is 0 Å². The van der Waals surface area contributed by atoms with Crippen molar-refractivity contribution in [2.75, 3.05) is 23.7 Å². The minimum atomic E-state index is 0.795. The molecule has 0 aliphatic carbocycles. The normalized spacial score (nSPS) is 17.5. The van der Waals surface area contributed by atoms with Crippen molar-refractivity contribution in [2.45, 2.75) is 25.7 Å². The van der Waals surface area contributed by atoms with Crippen LogP contribution in [0.4, 0.5) is 11.4 Å². The molecule has 78 valence electrons. The predicted octanol–water partition coefficient (Wildman–Crippen LogP) is 1.44. The van der Waals surface area contributed by atoms with E-state index in [1.165, 1.54) is 25.7 Å². The van der Waals surface area contributed by atoms with Crippen LogP contribution in [0.1, 0.15) is 25.7 Å². The second-order valence-corrected chi connectivity index (χ2v) is 4.22. The summed E-state index contributed by atoms with van der Waals surface area (Å²) in [5.41, 5.74) is 8.72. The molecule has 15 heavy (non-hydrogen) atoms. The van der Waals surface area contributed by atoms with E-state index < -0.39 is 0 Å². The highest BCUT2D eigenvalue weighted by atomic mass is 15.1. The lowest BCUT2D eigenvalue weighted by Crippen LogP contribution is -2.26. The smallest absolute Gasteiger partial charge is 0.113 e. The number of rotatable bonds is 1. The summed E-state index contributed by atoms with van der Waals surface area (Å²) in [7, 11) is 5.79. The van der Waals surface area contributed by atoms with Crippen molar-refractivity contribution in [3.63, 3.8) is 0 Å². The Bertz CT molecular complexity index is 330. The fourth-order valence-electron chi connectivity index (χ4n) is 2.15. The van der Waals surface area contributed by atoms with Gasteiger partial charge in [0.25, 0.3) is 0 Å². The lowest BCUT2D eigenvalue weighted by Gasteiger charge is -2.24. The molecule has 0 amide bonds. The van der Waals surface area contributed by atoms with E-state index in [-0.39, 0.29) is 0 Å². The van der Waals surface area contributed by atoms with Crippen molar-refractivity contribution in [1.29, 1.82) is 0 Å². The van der Waals surface area contributed by atoms with Gasteiger partial charge in [0, 0.05) is 13.1 Å². The molecule has 2 radical (unpaired) electrons. The number of nitrogen functional groups attached to an aromatic ring is 1. The summed E-state index contributed by atoms with van der Waals surface area (Å²) in [6, 6.07) is 5.74. The Morgan fingerprint density at radius 2 is 1.73 bits per heavy atom. The summed E-state index contributed by atoms with van der Waals surface area (Å²) >= 11 is 0. The molecule has 0 atom stereocenters. The first kappa shape index (κ1) is 10.4. The minimum Gasteiger partial charge on any atom is -0.397 e. The van der Waals surface area contributed by atoms with Crippen LogP contribution in [-0.4, -0.2) is 20.9 Å². The molecule has 2 N–H and O–H groups in total. The number of benzene rings is 1. The highest BCUT2D eigenvalue weighted by Crippen LogP contribution is 2.24. The van der Waals surface area contributed by atoms with Crippen molar-refractivity contribution in [2.24, 2.45) is 0 Å². The van der Waals surface area contributed by atoms with E-state index in [4.69, 9.17) is 13.6 Å². The maximum absolute atomic E-state index is 5.97.